The zero-order chi connectivity index (χ0) is 14.3. The van der Waals surface area contributed by atoms with Gasteiger partial charge in [0.1, 0.15) is 0 Å². The fraction of sp³-hybridized carbons (Fsp3) is 0.643. The van der Waals surface area contributed by atoms with E-state index in [4.69, 9.17) is 4.42 Å². The van der Waals surface area contributed by atoms with Crippen molar-refractivity contribution in [3.63, 3.8) is 0 Å². The Morgan fingerprint density at radius 2 is 2.15 bits per heavy atom. The molecule has 1 aromatic heterocycles. The normalized spacial score (nSPS) is 30.6. The second-order valence-corrected chi connectivity index (χ2v) is 7.67. The number of nitrogens with one attached hydrogen (secondary N) is 1. The third-order valence-corrected chi connectivity index (χ3v) is 6.19. The van der Waals surface area contributed by atoms with Crippen LogP contribution in [0.2, 0.25) is 0 Å². The average molecular weight is 297 g/mol. The molecule has 3 rings (SSSR count). The smallest absolute Gasteiger partial charge is 0.274 e. The predicted octanol–water partition coefficient (Wildman–Crippen LogP) is 2.20. The molecule has 0 aliphatic heterocycles. The Morgan fingerprint density at radius 3 is 2.70 bits per heavy atom. The Bertz CT molecular complexity index is 606. The Labute approximate surface area is 118 Å². The van der Waals surface area contributed by atoms with Gasteiger partial charge in [0.2, 0.25) is 5.09 Å². The average Bonchev–Trinajstić information content (AvgIpc) is 3.13. The molecule has 5 nitrogen and oxygen atoms in total. The second-order valence-electron chi connectivity index (χ2n) is 6.02. The molecule has 20 heavy (non-hydrogen) atoms. The van der Waals surface area contributed by atoms with Gasteiger partial charge in [-0.05, 0) is 56.1 Å². The van der Waals surface area contributed by atoms with Gasteiger partial charge in [-0.2, -0.15) is 0 Å². The zero-order valence-electron chi connectivity index (χ0n) is 11.4. The third-order valence-electron chi connectivity index (χ3n) is 4.76. The summed E-state index contributed by atoms with van der Waals surface area (Å²) >= 11 is 0. The molecule has 4 unspecified atom stereocenters. The van der Waals surface area contributed by atoms with Crippen molar-refractivity contribution in [2.45, 2.75) is 43.7 Å². The minimum atomic E-state index is -3.68. The van der Waals surface area contributed by atoms with Crippen molar-refractivity contribution in [3.05, 3.63) is 17.9 Å². The lowest BCUT2D eigenvalue weighted by atomic mass is 9.84. The van der Waals surface area contributed by atoms with E-state index in [0.29, 0.717) is 18.1 Å². The lowest BCUT2D eigenvalue weighted by Crippen LogP contribution is -2.39. The van der Waals surface area contributed by atoms with Crippen molar-refractivity contribution in [1.82, 2.24) is 4.72 Å². The highest BCUT2D eigenvalue weighted by Crippen LogP contribution is 2.49. The Kier molecular flexibility index (Phi) is 3.46. The number of furan rings is 1. The first-order valence-corrected chi connectivity index (χ1v) is 8.55. The van der Waals surface area contributed by atoms with Crippen molar-refractivity contribution in [2.24, 2.45) is 17.8 Å². The monoisotopic (exact) mass is 297 g/mol. The van der Waals surface area contributed by atoms with Gasteiger partial charge in [-0.25, -0.2) is 13.1 Å². The van der Waals surface area contributed by atoms with E-state index >= 15 is 0 Å². The fourth-order valence-corrected chi connectivity index (χ4v) is 5.07. The van der Waals surface area contributed by atoms with Crippen LogP contribution in [0, 0.1) is 17.8 Å². The molecule has 1 N–H and O–H groups in total. The first-order valence-electron chi connectivity index (χ1n) is 7.07. The number of hydrogen-bond acceptors (Lipinski definition) is 4. The van der Waals surface area contributed by atoms with Crippen LogP contribution in [-0.2, 0) is 10.0 Å². The molecule has 1 aromatic rings. The lowest BCUT2D eigenvalue weighted by molar-refractivity contribution is 0.109. The van der Waals surface area contributed by atoms with Gasteiger partial charge >= 0.3 is 0 Å². The summed E-state index contributed by atoms with van der Waals surface area (Å²) in [6, 6.07) is 2.59. The number of fused-ring (bicyclic) bond motifs is 2. The van der Waals surface area contributed by atoms with Crippen molar-refractivity contribution in [3.8, 4) is 0 Å². The topological polar surface area (TPSA) is 76.4 Å². The van der Waals surface area contributed by atoms with Gasteiger partial charge in [-0.15, -0.1) is 0 Å². The van der Waals surface area contributed by atoms with Gasteiger partial charge in [-0.1, -0.05) is 6.42 Å². The molecule has 2 fully saturated rings. The Hall–Kier alpha value is -1.14. The number of carbonyl (C=O) groups is 1. The minimum Gasteiger partial charge on any atom is -0.440 e. The molecular weight excluding hydrogens is 278 g/mol. The van der Waals surface area contributed by atoms with Crippen LogP contribution >= 0.6 is 0 Å². The number of carbonyl (C=O) groups excluding carboxylic acids is 1. The van der Waals surface area contributed by atoms with Gasteiger partial charge in [-0.3, -0.25) is 4.79 Å². The van der Waals surface area contributed by atoms with Gasteiger partial charge < -0.3 is 4.42 Å². The first-order chi connectivity index (χ1) is 9.49. The largest absolute Gasteiger partial charge is 0.440 e. The van der Waals surface area contributed by atoms with Crippen LogP contribution in [0.25, 0.3) is 0 Å². The molecule has 0 spiro atoms. The summed E-state index contributed by atoms with van der Waals surface area (Å²) in [5, 5.41) is -0.186. The fourth-order valence-electron chi connectivity index (χ4n) is 3.84. The van der Waals surface area contributed by atoms with Crippen LogP contribution in [-0.4, -0.2) is 20.7 Å². The van der Waals surface area contributed by atoms with E-state index in [0.717, 1.165) is 12.3 Å². The Balaban J connectivity index is 1.71. The van der Waals surface area contributed by atoms with Crippen LogP contribution < -0.4 is 4.72 Å². The van der Waals surface area contributed by atoms with Crippen LogP contribution in [0.3, 0.4) is 0 Å². The summed E-state index contributed by atoms with van der Waals surface area (Å²) in [6.07, 6.45) is 5.37. The quantitative estimate of drug-likeness (QED) is 0.845. The third kappa shape index (κ3) is 2.42. The summed E-state index contributed by atoms with van der Waals surface area (Å²) in [7, 11) is -3.68. The highest BCUT2D eigenvalue weighted by Gasteiger charge is 2.42. The van der Waals surface area contributed by atoms with E-state index in [1.165, 1.54) is 31.4 Å². The van der Waals surface area contributed by atoms with Crippen LogP contribution in [0.15, 0.2) is 21.6 Å². The van der Waals surface area contributed by atoms with Gasteiger partial charge in [0.25, 0.3) is 10.0 Å². The molecule has 110 valence electrons. The molecule has 2 saturated carbocycles. The van der Waals surface area contributed by atoms with Crippen molar-refractivity contribution in [2.75, 3.05) is 0 Å². The molecule has 1 heterocycles. The highest BCUT2D eigenvalue weighted by molar-refractivity contribution is 7.89. The van der Waals surface area contributed by atoms with Crippen molar-refractivity contribution >= 4 is 16.3 Å². The molecule has 2 bridgehead atoms. The minimum absolute atomic E-state index is 0.0259. The number of rotatable bonds is 5. The number of aldehydes is 1. The SMILES string of the molecule is CC(NS(=O)(=O)c1ccc(C=O)o1)C1CC2CCC1C2. The zero-order valence-corrected chi connectivity index (χ0v) is 12.2. The molecule has 6 heteroatoms. The van der Waals surface area contributed by atoms with E-state index in [1.54, 1.807) is 0 Å². The summed E-state index contributed by atoms with van der Waals surface area (Å²) in [5.41, 5.74) is 0. The molecule has 0 aromatic carbocycles. The number of hydrogen-bond donors (Lipinski definition) is 1. The van der Waals surface area contributed by atoms with E-state index < -0.39 is 10.0 Å². The van der Waals surface area contributed by atoms with E-state index in [2.05, 4.69) is 4.72 Å². The maximum absolute atomic E-state index is 12.2. The van der Waals surface area contributed by atoms with Crippen LogP contribution in [0.5, 0.6) is 0 Å². The molecule has 0 amide bonds. The van der Waals surface area contributed by atoms with Crippen molar-refractivity contribution in [1.29, 1.82) is 0 Å². The predicted molar refractivity (Wildman–Crippen MR) is 72.8 cm³/mol. The first kappa shape index (κ1) is 13.8. The highest BCUT2D eigenvalue weighted by atomic mass is 32.2. The van der Waals surface area contributed by atoms with E-state index in [1.807, 2.05) is 6.92 Å². The molecular formula is C14H19NO4S. The van der Waals surface area contributed by atoms with Crippen LogP contribution in [0.1, 0.15) is 43.2 Å². The van der Waals surface area contributed by atoms with Crippen LogP contribution in [0.4, 0.5) is 0 Å². The van der Waals surface area contributed by atoms with E-state index in [-0.39, 0.29) is 16.9 Å². The lowest BCUT2D eigenvalue weighted by Gasteiger charge is -2.27. The molecule has 2 aliphatic carbocycles. The number of sulfonamides is 1. The summed E-state index contributed by atoms with van der Waals surface area (Å²) < 4.78 is 32.1. The molecule has 0 saturated heterocycles. The standard InChI is InChI=1S/C14H19NO4S/c1-9(13-7-10-2-3-11(13)6-10)15-20(17,18)14-5-4-12(8-16)19-14/h4-5,8-11,13,15H,2-3,6-7H2,1H3. The van der Waals surface area contributed by atoms with E-state index in [9.17, 15) is 13.2 Å². The maximum atomic E-state index is 12.2. The maximum Gasteiger partial charge on any atom is 0.274 e. The Morgan fingerprint density at radius 1 is 1.35 bits per heavy atom. The van der Waals surface area contributed by atoms with Crippen molar-refractivity contribution < 1.29 is 17.6 Å². The summed E-state index contributed by atoms with van der Waals surface area (Å²) in [6.45, 7) is 1.92. The molecule has 4 atom stereocenters. The van der Waals surface area contributed by atoms with Gasteiger partial charge in [0, 0.05) is 6.04 Å². The summed E-state index contributed by atoms with van der Waals surface area (Å²) in [4.78, 5) is 10.6. The molecule has 2 aliphatic rings. The molecule has 0 radical (unpaired) electrons. The van der Waals surface area contributed by atoms with Gasteiger partial charge in [0.15, 0.2) is 12.0 Å². The van der Waals surface area contributed by atoms with Gasteiger partial charge in [0.05, 0.1) is 0 Å². The summed E-state index contributed by atoms with van der Waals surface area (Å²) in [5.74, 6) is 1.88. The second kappa shape index (κ2) is 5.00.